The fraction of sp³-hybridized carbons (Fsp3) is 0.286. The zero-order valence-corrected chi connectivity index (χ0v) is 13.5. The highest BCUT2D eigenvalue weighted by Crippen LogP contribution is 2.26. The van der Waals surface area contributed by atoms with Crippen LogP contribution < -0.4 is 4.74 Å². The van der Waals surface area contributed by atoms with E-state index in [9.17, 15) is 0 Å². The van der Waals surface area contributed by atoms with E-state index in [-0.39, 0.29) is 0 Å². The van der Waals surface area contributed by atoms with Gasteiger partial charge in [-0.15, -0.1) is 0 Å². The van der Waals surface area contributed by atoms with E-state index in [1.54, 1.807) is 25.1 Å². The summed E-state index contributed by atoms with van der Waals surface area (Å²) in [6.45, 7) is 4.22. The van der Waals surface area contributed by atoms with E-state index in [1.807, 2.05) is 0 Å². The van der Waals surface area contributed by atoms with Gasteiger partial charge in [-0.1, -0.05) is 41.1 Å². The number of methoxy groups -OCH3 is 1. The van der Waals surface area contributed by atoms with E-state index in [1.165, 1.54) is 16.7 Å². The van der Waals surface area contributed by atoms with Gasteiger partial charge < -0.3 is 4.74 Å². The Balaban J connectivity index is 2.10. The molecule has 1 heterocycles. The molecule has 1 aromatic heterocycles. The third kappa shape index (κ3) is 3.94. The second kappa shape index (κ2) is 6.39. The van der Waals surface area contributed by atoms with Crippen LogP contribution in [0.1, 0.15) is 16.7 Å². The lowest BCUT2D eigenvalue weighted by atomic mass is 10.1. The maximum atomic E-state index is 5.16. The number of aryl methyl sites for hydroxylation is 2. The van der Waals surface area contributed by atoms with Crippen LogP contribution in [-0.2, 0) is 5.75 Å². The van der Waals surface area contributed by atoms with Crippen LogP contribution in [0.5, 0.6) is 5.88 Å². The van der Waals surface area contributed by atoms with E-state index < -0.39 is 0 Å². The molecule has 0 amide bonds. The van der Waals surface area contributed by atoms with Crippen molar-refractivity contribution in [2.24, 2.45) is 0 Å². The Morgan fingerprint density at radius 3 is 2.53 bits per heavy atom. The number of rotatable bonds is 4. The molecule has 2 aromatic rings. The summed E-state index contributed by atoms with van der Waals surface area (Å²) in [5.41, 5.74) is 3.85. The average molecular weight is 339 g/mol. The number of aromatic nitrogens is 2. The van der Waals surface area contributed by atoms with E-state index in [4.69, 9.17) is 4.74 Å². The van der Waals surface area contributed by atoms with Gasteiger partial charge >= 0.3 is 0 Å². The molecular weight excluding hydrogens is 324 g/mol. The van der Waals surface area contributed by atoms with E-state index in [0.717, 1.165) is 15.4 Å². The predicted molar refractivity (Wildman–Crippen MR) is 81.8 cm³/mol. The molecule has 1 aromatic carbocycles. The van der Waals surface area contributed by atoms with E-state index in [2.05, 4.69) is 57.9 Å². The van der Waals surface area contributed by atoms with Crippen molar-refractivity contribution < 1.29 is 4.74 Å². The van der Waals surface area contributed by atoms with Gasteiger partial charge in [-0.3, -0.25) is 0 Å². The molecule has 0 aliphatic carbocycles. The summed E-state index contributed by atoms with van der Waals surface area (Å²) in [6, 6.07) is 6.56. The first-order valence-corrected chi connectivity index (χ1v) is 7.63. The van der Waals surface area contributed by atoms with Crippen LogP contribution in [0.3, 0.4) is 0 Å². The number of benzene rings is 1. The van der Waals surface area contributed by atoms with Crippen molar-refractivity contribution in [1.29, 1.82) is 0 Å². The monoisotopic (exact) mass is 338 g/mol. The summed E-state index contributed by atoms with van der Waals surface area (Å²) in [6.07, 6.45) is 1.72. The van der Waals surface area contributed by atoms with Crippen LogP contribution in [0, 0.1) is 13.8 Å². The van der Waals surface area contributed by atoms with Crippen molar-refractivity contribution in [3.63, 3.8) is 0 Å². The van der Waals surface area contributed by atoms with Gasteiger partial charge in [-0.2, -0.15) is 4.98 Å². The van der Waals surface area contributed by atoms with Crippen molar-refractivity contribution in [2.75, 3.05) is 7.11 Å². The molecule has 5 heteroatoms. The molecule has 0 aliphatic heterocycles. The van der Waals surface area contributed by atoms with Gasteiger partial charge in [-0.05, 0) is 35.3 Å². The minimum absolute atomic E-state index is 0.568. The summed E-state index contributed by atoms with van der Waals surface area (Å²) in [5.74, 6) is 1.42. The summed E-state index contributed by atoms with van der Waals surface area (Å²) in [7, 11) is 1.60. The molecule has 3 nitrogen and oxygen atoms in total. The molecule has 0 spiro atoms. The van der Waals surface area contributed by atoms with Gasteiger partial charge in [0.1, 0.15) is 0 Å². The fourth-order valence-corrected chi connectivity index (χ4v) is 2.94. The summed E-state index contributed by atoms with van der Waals surface area (Å²) >= 11 is 4.95. The topological polar surface area (TPSA) is 35.0 Å². The van der Waals surface area contributed by atoms with Crippen LogP contribution in [-0.4, -0.2) is 17.1 Å². The Bertz CT molecular complexity index is 569. The first-order chi connectivity index (χ1) is 9.08. The fourth-order valence-electron chi connectivity index (χ4n) is 1.85. The molecule has 19 heavy (non-hydrogen) atoms. The molecule has 0 N–H and O–H groups in total. The number of hydrogen-bond acceptors (Lipinski definition) is 4. The van der Waals surface area contributed by atoms with Crippen LogP contribution in [0.2, 0.25) is 0 Å². The third-order valence-corrected chi connectivity index (χ3v) is 4.01. The van der Waals surface area contributed by atoms with Crippen LogP contribution >= 0.6 is 27.7 Å². The number of halogens is 1. The quantitative estimate of drug-likeness (QED) is 0.619. The summed E-state index contributed by atoms with van der Waals surface area (Å²) in [4.78, 5) is 8.61. The number of thioether (sulfide) groups is 1. The largest absolute Gasteiger partial charge is 0.480 e. The van der Waals surface area contributed by atoms with Crippen LogP contribution in [0.4, 0.5) is 0 Å². The minimum Gasteiger partial charge on any atom is -0.480 e. The number of nitrogens with zero attached hydrogens (tertiary/aromatic N) is 2. The highest BCUT2D eigenvalue weighted by molar-refractivity contribution is 9.10. The minimum atomic E-state index is 0.568. The second-order valence-electron chi connectivity index (χ2n) is 4.29. The van der Waals surface area contributed by atoms with Crippen molar-refractivity contribution in [3.05, 3.63) is 45.6 Å². The average Bonchev–Trinajstić information content (AvgIpc) is 2.36. The zero-order chi connectivity index (χ0) is 13.8. The lowest BCUT2D eigenvalue weighted by Gasteiger charge is -2.06. The normalized spacial score (nSPS) is 10.5. The third-order valence-electron chi connectivity index (χ3n) is 2.53. The van der Waals surface area contributed by atoms with Gasteiger partial charge in [0.05, 0.1) is 11.6 Å². The first-order valence-electron chi connectivity index (χ1n) is 5.85. The zero-order valence-electron chi connectivity index (χ0n) is 11.1. The highest BCUT2D eigenvalue weighted by Gasteiger charge is 2.06. The lowest BCUT2D eigenvalue weighted by Crippen LogP contribution is -1.94. The molecular formula is C14H15BrN2OS. The maximum absolute atomic E-state index is 5.16. The molecule has 0 aliphatic rings. The molecule has 0 radical (unpaired) electrons. The van der Waals surface area contributed by atoms with Gasteiger partial charge in [0.15, 0.2) is 5.16 Å². The van der Waals surface area contributed by atoms with Crippen molar-refractivity contribution in [3.8, 4) is 5.88 Å². The number of ether oxygens (including phenoxy) is 1. The van der Waals surface area contributed by atoms with E-state index in [0.29, 0.717) is 5.88 Å². The summed E-state index contributed by atoms with van der Waals surface area (Å²) in [5, 5.41) is 0.721. The molecule has 0 atom stereocenters. The molecule has 0 unspecified atom stereocenters. The highest BCUT2D eigenvalue weighted by atomic mass is 79.9. The number of hydrogen-bond donors (Lipinski definition) is 0. The first kappa shape index (κ1) is 14.3. The smallest absolute Gasteiger partial charge is 0.231 e. The molecule has 0 saturated carbocycles. The lowest BCUT2D eigenvalue weighted by molar-refractivity contribution is 0.389. The van der Waals surface area contributed by atoms with Gasteiger partial charge in [-0.25, -0.2) is 4.98 Å². The Kier molecular flexibility index (Phi) is 4.82. The Labute approximate surface area is 125 Å². The summed E-state index contributed by atoms with van der Waals surface area (Å²) < 4.78 is 5.93. The maximum Gasteiger partial charge on any atom is 0.231 e. The SMILES string of the molecule is COc1nc(SCc2cc(C)cc(C)c2)ncc1Br. The molecule has 2 rings (SSSR count). The Hall–Kier alpha value is -1.07. The van der Waals surface area contributed by atoms with Gasteiger partial charge in [0.2, 0.25) is 5.88 Å². The molecule has 0 saturated heterocycles. The van der Waals surface area contributed by atoms with Crippen molar-refractivity contribution in [1.82, 2.24) is 9.97 Å². The molecule has 0 fully saturated rings. The van der Waals surface area contributed by atoms with Crippen LogP contribution in [0.15, 0.2) is 34.0 Å². The van der Waals surface area contributed by atoms with Crippen LogP contribution in [0.25, 0.3) is 0 Å². The van der Waals surface area contributed by atoms with Crippen molar-refractivity contribution >= 4 is 27.7 Å². The second-order valence-corrected chi connectivity index (χ2v) is 6.09. The predicted octanol–water partition coefficient (Wildman–Crippen LogP) is 4.16. The van der Waals surface area contributed by atoms with E-state index >= 15 is 0 Å². The van der Waals surface area contributed by atoms with Gasteiger partial charge in [0.25, 0.3) is 0 Å². The molecule has 100 valence electrons. The Morgan fingerprint density at radius 1 is 1.21 bits per heavy atom. The van der Waals surface area contributed by atoms with Gasteiger partial charge in [0, 0.05) is 11.9 Å². The standard InChI is InChI=1S/C14H15BrN2OS/c1-9-4-10(2)6-11(5-9)8-19-14-16-7-12(15)13(17-14)18-3/h4-7H,8H2,1-3H3. The Morgan fingerprint density at radius 2 is 1.89 bits per heavy atom. The molecule has 0 bridgehead atoms. The van der Waals surface area contributed by atoms with Crippen molar-refractivity contribution in [2.45, 2.75) is 24.8 Å².